The molecule has 0 bridgehead atoms. The fraction of sp³-hybridized carbons (Fsp3) is 0.385. The minimum Gasteiger partial charge on any atom is -0.375 e. The standard InChI is InChI=1S/C13H15BrFN5O.HI/c1-13(15)6-17-4-10(13)19-11-8(12(16)21)3-18-20-5-7(14)2-9(11)20;/h2-3,5,10,17,19H,4,6H2,1H3,(H2,16,21);1H/t10-,13-;/m1./s1. The van der Waals surface area contributed by atoms with E-state index >= 15 is 0 Å². The van der Waals surface area contributed by atoms with E-state index in [0.717, 1.165) is 4.47 Å². The summed E-state index contributed by atoms with van der Waals surface area (Å²) in [5, 5.41) is 10.2. The maximum absolute atomic E-state index is 14.4. The Morgan fingerprint density at radius 3 is 3.00 bits per heavy atom. The van der Waals surface area contributed by atoms with Crippen LogP contribution in [0.4, 0.5) is 10.1 Å². The Balaban J connectivity index is 0.00000176. The maximum Gasteiger partial charge on any atom is 0.252 e. The molecule has 120 valence electrons. The van der Waals surface area contributed by atoms with Crippen molar-refractivity contribution in [1.82, 2.24) is 14.9 Å². The Labute approximate surface area is 152 Å². The van der Waals surface area contributed by atoms with Gasteiger partial charge in [0.1, 0.15) is 5.67 Å². The first-order chi connectivity index (χ1) is 9.88. The third-order valence-electron chi connectivity index (χ3n) is 3.73. The normalized spacial score (nSPS) is 24.2. The summed E-state index contributed by atoms with van der Waals surface area (Å²) in [6.45, 7) is 2.27. The lowest BCUT2D eigenvalue weighted by Crippen LogP contribution is -2.40. The molecule has 0 spiro atoms. The van der Waals surface area contributed by atoms with Crippen LogP contribution in [-0.2, 0) is 0 Å². The molecule has 3 heterocycles. The van der Waals surface area contributed by atoms with Gasteiger partial charge in [0, 0.05) is 23.8 Å². The number of rotatable bonds is 3. The van der Waals surface area contributed by atoms with Crippen molar-refractivity contribution in [3.8, 4) is 0 Å². The second-order valence-electron chi connectivity index (χ2n) is 5.39. The van der Waals surface area contributed by atoms with Crippen LogP contribution in [0.15, 0.2) is 22.9 Å². The Morgan fingerprint density at radius 2 is 2.41 bits per heavy atom. The van der Waals surface area contributed by atoms with Crippen molar-refractivity contribution >= 4 is 57.0 Å². The van der Waals surface area contributed by atoms with E-state index in [0.29, 0.717) is 17.7 Å². The first-order valence-corrected chi connectivity index (χ1v) is 7.30. The molecule has 0 unspecified atom stereocenters. The molecule has 2 aromatic rings. The van der Waals surface area contributed by atoms with Crippen LogP contribution in [0.2, 0.25) is 0 Å². The third kappa shape index (κ3) is 3.06. The number of hydrogen-bond acceptors (Lipinski definition) is 4. The maximum atomic E-state index is 14.4. The predicted octanol–water partition coefficient (Wildman–Crippen LogP) is 1.93. The van der Waals surface area contributed by atoms with Gasteiger partial charge in [-0.3, -0.25) is 4.79 Å². The van der Waals surface area contributed by atoms with Crippen LogP contribution in [0.5, 0.6) is 0 Å². The van der Waals surface area contributed by atoms with Crippen LogP contribution in [0, 0.1) is 0 Å². The molecule has 4 N–H and O–H groups in total. The summed E-state index contributed by atoms with van der Waals surface area (Å²) in [6.07, 6.45) is 3.15. The molecule has 3 rings (SSSR count). The van der Waals surface area contributed by atoms with Crippen LogP contribution < -0.4 is 16.4 Å². The van der Waals surface area contributed by atoms with E-state index in [2.05, 4.69) is 31.7 Å². The van der Waals surface area contributed by atoms with E-state index in [1.165, 1.54) is 13.1 Å². The van der Waals surface area contributed by atoms with Crippen molar-refractivity contribution in [2.45, 2.75) is 18.6 Å². The first-order valence-electron chi connectivity index (χ1n) is 6.51. The monoisotopic (exact) mass is 483 g/mol. The number of primary amides is 1. The zero-order valence-electron chi connectivity index (χ0n) is 11.8. The molecular weight excluding hydrogens is 468 g/mol. The molecule has 1 aliphatic rings. The quantitative estimate of drug-likeness (QED) is 0.582. The smallest absolute Gasteiger partial charge is 0.252 e. The fourth-order valence-electron chi connectivity index (χ4n) is 2.54. The summed E-state index contributed by atoms with van der Waals surface area (Å²) in [6, 6.07) is 1.36. The van der Waals surface area contributed by atoms with E-state index < -0.39 is 17.6 Å². The Hall–Kier alpha value is -0.940. The Morgan fingerprint density at radius 1 is 1.68 bits per heavy atom. The van der Waals surface area contributed by atoms with Gasteiger partial charge in [-0.2, -0.15) is 5.10 Å². The number of anilines is 1. The highest BCUT2D eigenvalue weighted by molar-refractivity contribution is 14.0. The lowest BCUT2D eigenvalue weighted by atomic mass is 10.0. The molecule has 2 aromatic heterocycles. The van der Waals surface area contributed by atoms with Crippen molar-refractivity contribution in [2.24, 2.45) is 5.73 Å². The lowest BCUT2D eigenvalue weighted by molar-refractivity contribution is 0.1000. The molecule has 1 aliphatic heterocycles. The number of nitrogens with one attached hydrogen (secondary N) is 2. The molecule has 0 radical (unpaired) electrons. The van der Waals surface area contributed by atoms with Crippen LogP contribution in [-0.4, -0.2) is 40.3 Å². The molecule has 1 saturated heterocycles. The van der Waals surface area contributed by atoms with Crippen molar-refractivity contribution in [1.29, 1.82) is 0 Å². The summed E-state index contributed by atoms with van der Waals surface area (Å²) in [7, 11) is 0. The highest BCUT2D eigenvalue weighted by Gasteiger charge is 2.39. The lowest BCUT2D eigenvalue weighted by Gasteiger charge is -2.25. The van der Waals surface area contributed by atoms with Gasteiger partial charge in [-0.05, 0) is 28.9 Å². The summed E-state index contributed by atoms with van der Waals surface area (Å²) in [5.74, 6) is -0.601. The Kier molecular flexibility index (Phi) is 4.97. The van der Waals surface area contributed by atoms with Crippen LogP contribution in [0.1, 0.15) is 17.3 Å². The van der Waals surface area contributed by atoms with Gasteiger partial charge in [-0.15, -0.1) is 24.0 Å². The molecular formula is C13H16BrFIN5O. The number of nitrogens with two attached hydrogens (primary N) is 1. The van der Waals surface area contributed by atoms with Crippen LogP contribution in [0.3, 0.4) is 0 Å². The number of alkyl halides is 1. The SMILES string of the molecule is C[C@@]1(F)CNC[C@H]1Nc1c(C(N)=O)cnn2cc(Br)cc12.I. The molecule has 0 saturated carbocycles. The number of amides is 1. The van der Waals surface area contributed by atoms with Crippen molar-refractivity contribution < 1.29 is 9.18 Å². The molecule has 1 amide bonds. The van der Waals surface area contributed by atoms with E-state index in [-0.39, 0.29) is 36.1 Å². The number of aromatic nitrogens is 2. The van der Waals surface area contributed by atoms with Crippen molar-refractivity contribution in [2.75, 3.05) is 18.4 Å². The van der Waals surface area contributed by atoms with Gasteiger partial charge >= 0.3 is 0 Å². The fourth-order valence-corrected chi connectivity index (χ4v) is 2.95. The zero-order valence-corrected chi connectivity index (χ0v) is 15.7. The average Bonchev–Trinajstić information content (AvgIpc) is 2.92. The first kappa shape index (κ1) is 17.4. The number of halogens is 3. The van der Waals surface area contributed by atoms with E-state index in [9.17, 15) is 9.18 Å². The second kappa shape index (κ2) is 6.28. The topological polar surface area (TPSA) is 84.5 Å². The molecule has 2 atom stereocenters. The molecule has 22 heavy (non-hydrogen) atoms. The second-order valence-corrected chi connectivity index (χ2v) is 6.31. The van der Waals surface area contributed by atoms with Gasteiger partial charge in [0.25, 0.3) is 5.91 Å². The summed E-state index contributed by atoms with van der Waals surface area (Å²) in [5.41, 5.74) is 5.42. The number of nitrogens with zero attached hydrogens (tertiary/aromatic N) is 2. The molecule has 9 heteroatoms. The van der Waals surface area contributed by atoms with Gasteiger partial charge in [0.15, 0.2) is 0 Å². The summed E-state index contributed by atoms with van der Waals surface area (Å²) < 4.78 is 16.8. The van der Waals surface area contributed by atoms with Gasteiger partial charge in [0.2, 0.25) is 0 Å². The number of fused-ring (bicyclic) bond motifs is 1. The number of hydrogen-bond donors (Lipinski definition) is 3. The highest BCUT2D eigenvalue weighted by Crippen LogP contribution is 2.29. The van der Waals surface area contributed by atoms with Crippen LogP contribution >= 0.6 is 39.9 Å². The highest BCUT2D eigenvalue weighted by atomic mass is 127. The zero-order chi connectivity index (χ0) is 15.2. The third-order valence-corrected chi connectivity index (χ3v) is 4.17. The van der Waals surface area contributed by atoms with E-state index in [1.54, 1.807) is 16.8 Å². The predicted molar refractivity (Wildman–Crippen MR) is 96.6 cm³/mol. The van der Waals surface area contributed by atoms with Gasteiger partial charge in [-0.25, -0.2) is 8.91 Å². The molecule has 1 fully saturated rings. The average molecular weight is 484 g/mol. The number of carbonyl (C=O) groups excluding carboxylic acids is 1. The van der Waals surface area contributed by atoms with Crippen molar-refractivity contribution in [3.05, 3.63) is 28.5 Å². The van der Waals surface area contributed by atoms with E-state index in [4.69, 9.17) is 5.73 Å². The largest absolute Gasteiger partial charge is 0.375 e. The number of carbonyl (C=O) groups is 1. The van der Waals surface area contributed by atoms with Crippen LogP contribution in [0.25, 0.3) is 5.52 Å². The van der Waals surface area contributed by atoms with Gasteiger partial charge < -0.3 is 16.4 Å². The van der Waals surface area contributed by atoms with E-state index in [1.807, 2.05) is 0 Å². The van der Waals surface area contributed by atoms with Gasteiger partial charge in [-0.1, -0.05) is 0 Å². The molecule has 6 nitrogen and oxygen atoms in total. The Bertz CT molecular complexity index is 720. The molecule has 0 aliphatic carbocycles. The molecule has 0 aromatic carbocycles. The summed E-state index contributed by atoms with van der Waals surface area (Å²) in [4.78, 5) is 11.6. The van der Waals surface area contributed by atoms with Gasteiger partial charge in [0.05, 0.1) is 29.0 Å². The minimum atomic E-state index is -1.40. The minimum absolute atomic E-state index is 0. The summed E-state index contributed by atoms with van der Waals surface area (Å²) >= 11 is 3.36. The van der Waals surface area contributed by atoms with Crippen molar-refractivity contribution in [3.63, 3.8) is 0 Å².